The SMILES string of the molecule is CCCOc1ccc(Br)cc1[C@@H]1C(C(=O)Nc2ccccc2C)=C(C)Nc2nnnn21. The first-order valence-electron chi connectivity index (χ1n) is 10.0. The second-order valence-electron chi connectivity index (χ2n) is 7.31. The molecule has 9 heteroatoms. The van der Waals surface area contributed by atoms with Crippen molar-refractivity contribution in [2.24, 2.45) is 0 Å². The van der Waals surface area contributed by atoms with Crippen molar-refractivity contribution in [3.05, 3.63) is 69.3 Å². The predicted molar refractivity (Wildman–Crippen MR) is 122 cm³/mol. The van der Waals surface area contributed by atoms with Crippen LogP contribution < -0.4 is 15.4 Å². The van der Waals surface area contributed by atoms with E-state index in [0.717, 1.165) is 27.7 Å². The predicted octanol–water partition coefficient (Wildman–Crippen LogP) is 4.46. The normalized spacial score (nSPS) is 15.3. The van der Waals surface area contributed by atoms with E-state index in [1.165, 1.54) is 0 Å². The van der Waals surface area contributed by atoms with Crippen molar-refractivity contribution in [3.8, 4) is 5.75 Å². The second kappa shape index (κ2) is 8.89. The molecule has 0 radical (unpaired) electrons. The van der Waals surface area contributed by atoms with Gasteiger partial charge in [-0.3, -0.25) is 4.79 Å². The highest BCUT2D eigenvalue weighted by Gasteiger charge is 2.36. The summed E-state index contributed by atoms with van der Waals surface area (Å²) in [5, 5.41) is 18.2. The van der Waals surface area contributed by atoms with E-state index in [4.69, 9.17) is 4.74 Å². The second-order valence-corrected chi connectivity index (χ2v) is 8.23. The van der Waals surface area contributed by atoms with Crippen LogP contribution in [-0.4, -0.2) is 32.7 Å². The maximum absolute atomic E-state index is 13.5. The Morgan fingerprint density at radius 3 is 2.84 bits per heavy atom. The van der Waals surface area contributed by atoms with Gasteiger partial charge in [-0.05, 0) is 60.5 Å². The summed E-state index contributed by atoms with van der Waals surface area (Å²) in [7, 11) is 0. The van der Waals surface area contributed by atoms with Crippen molar-refractivity contribution >= 4 is 33.5 Å². The molecule has 3 aromatic rings. The van der Waals surface area contributed by atoms with Crippen LogP contribution in [0.1, 0.15) is 37.4 Å². The molecule has 1 atom stereocenters. The number of amides is 1. The van der Waals surface area contributed by atoms with E-state index in [-0.39, 0.29) is 5.91 Å². The molecule has 1 amide bonds. The quantitative estimate of drug-likeness (QED) is 0.538. The van der Waals surface area contributed by atoms with Gasteiger partial charge in [-0.2, -0.15) is 4.68 Å². The third-order valence-electron chi connectivity index (χ3n) is 5.08. The number of ether oxygens (including phenoxy) is 1. The minimum Gasteiger partial charge on any atom is -0.493 e. The largest absolute Gasteiger partial charge is 0.493 e. The van der Waals surface area contributed by atoms with Gasteiger partial charge in [-0.25, -0.2) is 0 Å². The minimum absolute atomic E-state index is 0.230. The number of nitrogens with zero attached hydrogens (tertiary/aromatic N) is 4. The number of halogens is 1. The van der Waals surface area contributed by atoms with Crippen molar-refractivity contribution in [3.63, 3.8) is 0 Å². The van der Waals surface area contributed by atoms with Crippen LogP contribution in [0.5, 0.6) is 5.75 Å². The zero-order valence-corrected chi connectivity index (χ0v) is 19.1. The van der Waals surface area contributed by atoms with E-state index in [1.807, 2.05) is 63.2 Å². The van der Waals surface area contributed by atoms with E-state index in [1.54, 1.807) is 4.68 Å². The third-order valence-corrected chi connectivity index (χ3v) is 5.57. The molecule has 0 unspecified atom stereocenters. The highest BCUT2D eigenvalue weighted by atomic mass is 79.9. The van der Waals surface area contributed by atoms with E-state index in [2.05, 4.69) is 42.1 Å². The van der Waals surface area contributed by atoms with Crippen LogP contribution in [0.2, 0.25) is 0 Å². The molecule has 2 N–H and O–H groups in total. The molecule has 0 fully saturated rings. The monoisotopic (exact) mass is 482 g/mol. The number of carbonyl (C=O) groups excluding carboxylic acids is 1. The van der Waals surface area contributed by atoms with Gasteiger partial charge in [0.2, 0.25) is 5.95 Å². The van der Waals surface area contributed by atoms with E-state index >= 15 is 0 Å². The Hall–Kier alpha value is -3.20. The van der Waals surface area contributed by atoms with E-state index < -0.39 is 6.04 Å². The Morgan fingerprint density at radius 1 is 1.26 bits per heavy atom. The first-order valence-corrected chi connectivity index (χ1v) is 10.8. The van der Waals surface area contributed by atoms with Crippen molar-refractivity contribution in [1.82, 2.24) is 20.2 Å². The standard InChI is InChI=1S/C22H23BrN6O2/c1-4-11-31-18-10-9-15(23)12-16(18)20-19(14(3)24-22-26-27-28-29(20)22)21(30)25-17-8-6-5-7-13(17)2/h5-10,12,20H,4,11H2,1-3H3,(H,25,30)(H,24,26,28)/t20-/m1/s1. The summed E-state index contributed by atoms with van der Waals surface area (Å²) in [4.78, 5) is 13.5. The molecule has 0 spiro atoms. The smallest absolute Gasteiger partial charge is 0.255 e. The first-order chi connectivity index (χ1) is 15.0. The number of aromatic nitrogens is 4. The summed E-state index contributed by atoms with van der Waals surface area (Å²) in [6.45, 7) is 6.42. The molecule has 2 aromatic carbocycles. The molecule has 0 bridgehead atoms. The zero-order chi connectivity index (χ0) is 22.0. The summed E-state index contributed by atoms with van der Waals surface area (Å²) in [5.74, 6) is 0.926. The molecule has 8 nitrogen and oxygen atoms in total. The fourth-order valence-electron chi connectivity index (χ4n) is 3.57. The third kappa shape index (κ3) is 4.18. The lowest BCUT2D eigenvalue weighted by molar-refractivity contribution is -0.113. The fourth-order valence-corrected chi connectivity index (χ4v) is 3.95. The molecule has 1 aliphatic rings. The van der Waals surface area contributed by atoms with Crippen LogP contribution in [-0.2, 0) is 4.79 Å². The van der Waals surface area contributed by atoms with Crippen LogP contribution in [0.25, 0.3) is 0 Å². The maximum atomic E-state index is 13.5. The van der Waals surface area contributed by atoms with Crippen LogP contribution >= 0.6 is 15.9 Å². The molecule has 1 aliphatic heterocycles. The number of rotatable bonds is 6. The Bertz CT molecular complexity index is 1160. The number of carbonyl (C=O) groups is 1. The summed E-state index contributed by atoms with van der Waals surface area (Å²) >= 11 is 3.55. The van der Waals surface area contributed by atoms with Gasteiger partial charge >= 0.3 is 0 Å². The molecule has 2 heterocycles. The van der Waals surface area contributed by atoms with Gasteiger partial charge in [-0.1, -0.05) is 46.2 Å². The molecule has 31 heavy (non-hydrogen) atoms. The van der Waals surface area contributed by atoms with E-state index in [0.29, 0.717) is 29.6 Å². The molecule has 0 saturated heterocycles. The van der Waals surface area contributed by atoms with Crippen LogP contribution in [0.15, 0.2) is 58.2 Å². The number of hydrogen-bond donors (Lipinski definition) is 2. The van der Waals surface area contributed by atoms with Crippen molar-refractivity contribution in [2.45, 2.75) is 33.2 Å². The fraction of sp³-hybridized carbons (Fsp3) is 0.273. The summed E-state index contributed by atoms with van der Waals surface area (Å²) in [6, 6.07) is 12.9. The van der Waals surface area contributed by atoms with E-state index in [9.17, 15) is 4.79 Å². The molecular formula is C22H23BrN6O2. The number of fused-ring (bicyclic) bond motifs is 1. The Labute approximate surface area is 188 Å². The number of allylic oxidation sites excluding steroid dienone is 1. The highest BCUT2D eigenvalue weighted by molar-refractivity contribution is 9.10. The van der Waals surface area contributed by atoms with Crippen molar-refractivity contribution in [1.29, 1.82) is 0 Å². The van der Waals surface area contributed by atoms with Gasteiger partial charge in [0.25, 0.3) is 5.91 Å². The number of nitrogens with one attached hydrogen (secondary N) is 2. The summed E-state index contributed by atoms with van der Waals surface area (Å²) < 4.78 is 8.49. The van der Waals surface area contributed by atoms with Gasteiger partial charge in [-0.15, -0.1) is 0 Å². The number of tetrazole rings is 1. The van der Waals surface area contributed by atoms with Gasteiger partial charge < -0.3 is 15.4 Å². The maximum Gasteiger partial charge on any atom is 0.255 e. The van der Waals surface area contributed by atoms with Crippen LogP contribution in [0, 0.1) is 6.92 Å². The Kier molecular flexibility index (Phi) is 6.03. The first kappa shape index (κ1) is 21.0. The van der Waals surface area contributed by atoms with Gasteiger partial charge in [0.05, 0.1) is 12.2 Å². The molecule has 160 valence electrons. The summed E-state index contributed by atoms with van der Waals surface area (Å²) in [5.41, 5.74) is 3.73. The Balaban J connectivity index is 1.82. The number of aryl methyl sites for hydroxylation is 1. The summed E-state index contributed by atoms with van der Waals surface area (Å²) in [6.07, 6.45) is 0.868. The lowest BCUT2D eigenvalue weighted by atomic mass is 9.94. The van der Waals surface area contributed by atoms with Gasteiger partial charge in [0.15, 0.2) is 0 Å². The molecule has 0 aliphatic carbocycles. The Morgan fingerprint density at radius 2 is 2.06 bits per heavy atom. The number of benzene rings is 2. The topological polar surface area (TPSA) is 94.0 Å². The molecule has 4 rings (SSSR count). The number of para-hydroxylation sites is 1. The van der Waals surface area contributed by atoms with Crippen molar-refractivity contribution in [2.75, 3.05) is 17.2 Å². The lowest BCUT2D eigenvalue weighted by Gasteiger charge is -2.29. The average Bonchev–Trinajstić information content (AvgIpc) is 3.21. The highest BCUT2D eigenvalue weighted by Crippen LogP contribution is 2.40. The molecular weight excluding hydrogens is 460 g/mol. The van der Waals surface area contributed by atoms with Crippen molar-refractivity contribution < 1.29 is 9.53 Å². The lowest BCUT2D eigenvalue weighted by Crippen LogP contribution is -2.32. The number of anilines is 2. The van der Waals surface area contributed by atoms with Gasteiger partial charge in [0, 0.05) is 21.4 Å². The number of hydrogen-bond acceptors (Lipinski definition) is 6. The van der Waals surface area contributed by atoms with Crippen LogP contribution in [0.4, 0.5) is 11.6 Å². The zero-order valence-electron chi connectivity index (χ0n) is 17.5. The molecule has 1 aromatic heterocycles. The molecule has 0 saturated carbocycles. The average molecular weight is 483 g/mol. The minimum atomic E-state index is -0.556. The van der Waals surface area contributed by atoms with Gasteiger partial charge in [0.1, 0.15) is 11.8 Å². The van der Waals surface area contributed by atoms with Crippen LogP contribution in [0.3, 0.4) is 0 Å².